The van der Waals surface area contributed by atoms with Crippen LogP contribution in [0.5, 0.6) is 0 Å². The number of amides is 1. The molecule has 1 amide bonds. The van der Waals surface area contributed by atoms with Crippen molar-refractivity contribution in [2.75, 3.05) is 0 Å². The zero-order chi connectivity index (χ0) is 14.0. The molecule has 1 aromatic rings. The molecule has 0 saturated carbocycles. The van der Waals surface area contributed by atoms with E-state index in [9.17, 15) is 18.4 Å². The minimum Gasteiger partial charge on any atom is -0.341 e. The Balaban J connectivity index is 2.09. The van der Waals surface area contributed by atoms with Gasteiger partial charge in [-0.25, -0.2) is 8.78 Å². The summed E-state index contributed by atoms with van der Waals surface area (Å²) in [6.45, 7) is 1.17. The van der Waals surface area contributed by atoms with Gasteiger partial charge in [-0.05, 0) is 36.5 Å². The summed E-state index contributed by atoms with van der Waals surface area (Å²) in [7, 11) is 0. The number of carbonyl (C=O) groups is 2. The van der Waals surface area contributed by atoms with E-state index in [1.807, 2.05) is 5.48 Å². The summed E-state index contributed by atoms with van der Waals surface area (Å²) in [4.78, 5) is 26.7. The van der Waals surface area contributed by atoms with Crippen LogP contribution >= 0.6 is 0 Å². The third-order valence-electron chi connectivity index (χ3n) is 3.13. The molecule has 19 heavy (non-hydrogen) atoms. The van der Waals surface area contributed by atoms with Crippen molar-refractivity contribution in [2.24, 2.45) is 5.92 Å². The van der Waals surface area contributed by atoms with Gasteiger partial charge >= 0.3 is 5.97 Å². The molecule has 1 aliphatic carbocycles. The van der Waals surface area contributed by atoms with E-state index in [4.69, 9.17) is 0 Å². The van der Waals surface area contributed by atoms with Crippen LogP contribution in [0, 0.1) is 17.6 Å². The third kappa shape index (κ3) is 3.07. The molecule has 0 heterocycles. The molecule has 0 radical (unpaired) electrons. The van der Waals surface area contributed by atoms with Crippen molar-refractivity contribution in [2.45, 2.75) is 26.2 Å². The molecule has 1 atom stereocenters. The molecule has 4 nitrogen and oxygen atoms in total. The lowest BCUT2D eigenvalue weighted by Gasteiger charge is -2.23. The molecule has 6 heteroatoms. The Labute approximate surface area is 108 Å². The molecule has 102 valence electrons. The number of carbonyl (C=O) groups excluding carboxylic acids is 2. The highest BCUT2D eigenvalue weighted by Crippen LogP contribution is 2.28. The van der Waals surface area contributed by atoms with Crippen LogP contribution in [0.3, 0.4) is 0 Å². The zero-order valence-electron chi connectivity index (χ0n) is 10.3. The highest BCUT2D eigenvalue weighted by Gasteiger charge is 2.27. The van der Waals surface area contributed by atoms with Gasteiger partial charge in [0.2, 0.25) is 0 Å². The van der Waals surface area contributed by atoms with Gasteiger partial charge in [0.05, 0.1) is 0 Å². The van der Waals surface area contributed by atoms with Crippen LogP contribution < -0.4 is 5.48 Å². The van der Waals surface area contributed by atoms with Gasteiger partial charge in [0, 0.05) is 18.9 Å². The molecule has 2 rings (SSSR count). The number of nitrogens with one attached hydrogen (secondary N) is 1. The van der Waals surface area contributed by atoms with E-state index < -0.39 is 29.4 Å². The van der Waals surface area contributed by atoms with E-state index in [0.717, 1.165) is 6.07 Å². The number of hydrogen-bond donors (Lipinski definition) is 1. The van der Waals surface area contributed by atoms with Crippen molar-refractivity contribution in [1.82, 2.24) is 5.48 Å². The smallest absolute Gasteiger partial charge is 0.329 e. The molecular weight excluding hydrogens is 256 g/mol. The maximum atomic E-state index is 13.6. The largest absolute Gasteiger partial charge is 0.341 e. The first-order valence-corrected chi connectivity index (χ1v) is 5.91. The molecule has 0 saturated heterocycles. The van der Waals surface area contributed by atoms with Crippen molar-refractivity contribution < 1.29 is 23.2 Å². The van der Waals surface area contributed by atoms with E-state index in [2.05, 4.69) is 4.84 Å². The first-order chi connectivity index (χ1) is 8.97. The molecule has 0 fully saturated rings. The van der Waals surface area contributed by atoms with E-state index in [0.29, 0.717) is 24.0 Å². The fraction of sp³-hybridized carbons (Fsp3) is 0.385. The lowest BCUT2D eigenvalue weighted by Crippen LogP contribution is -2.35. The Bertz CT molecular complexity index is 531. The maximum absolute atomic E-state index is 13.6. The van der Waals surface area contributed by atoms with E-state index in [1.54, 1.807) is 0 Å². The van der Waals surface area contributed by atoms with Crippen LogP contribution in [0.2, 0.25) is 0 Å². The SMILES string of the molecule is CC(=O)ONC(=O)C1CCc2cc(F)cc(F)c2C1. The van der Waals surface area contributed by atoms with Crippen LogP contribution in [-0.2, 0) is 27.3 Å². The quantitative estimate of drug-likeness (QED) is 0.789. The molecule has 1 unspecified atom stereocenters. The number of rotatable bonds is 1. The maximum Gasteiger partial charge on any atom is 0.329 e. The number of hydroxylamine groups is 1. The van der Waals surface area contributed by atoms with Gasteiger partial charge in [-0.3, -0.25) is 9.59 Å². The van der Waals surface area contributed by atoms with Crippen LogP contribution in [0.15, 0.2) is 12.1 Å². The summed E-state index contributed by atoms with van der Waals surface area (Å²) < 4.78 is 26.7. The van der Waals surface area contributed by atoms with Crippen molar-refractivity contribution in [3.63, 3.8) is 0 Å². The lowest BCUT2D eigenvalue weighted by atomic mass is 9.83. The Kier molecular flexibility index (Phi) is 3.78. The summed E-state index contributed by atoms with van der Waals surface area (Å²) >= 11 is 0. The Morgan fingerprint density at radius 1 is 1.37 bits per heavy atom. The van der Waals surface area contributed by atoms with Crippen LogP contribution in [0.1, 0.15) is 24.5 Å². The fourth-order valence-electron chi connectivity index (χ4n) is 2.22. The fourth-order valence-corrected chi connectivity index (χ4v) is 2.22. The average molecular weight is 269 g/mol. The van der Waals surface area contributed by atoms with Gasteiger partial charge < -0.3 is 4.84 Å². The van der Waals surface area contributed by atoms with Crippen LogP contribution in [-0.4, -0.2) is 11.9 Å². The predicted octanol–water partition coefficient (Wildman–Crippen LogP) is 1.66. The third-order valence-corrected chi connectivity index (χ3v) is 3.13. The molecule has 0 aromatic heterocycles. The highest BCUT2D eigenvalue weighted by atomic mass is 19.1. The minimum atomic E-state index is -0.639. The van der Waals surface area contributed by atoms with Gasteiger partial charge in [-0.1, -0.05) is 0 Å². The number of hydrogen-bond acceptors (Lipinski definition) is 3. The molecule has 1 aliphatic rings. The summed E-state index contributed by atoms with van der Waals surface area (Å²) in [5, 5.41) is 0. The lowest BCUT2D eigenvalue weighted by molar-refractivity contribution is -0.157. The first-order valence-electron chi connectivity index (χ1n) is 5.91. The average Bonchev–Trinajstić information content (AvgIpc) is 2.35. The Morgan fingerprint density at radius 2 is 2.11 bits per heavy atom. The second-order valence-corrected chi connectivity index (χ2v) is 4.52. The van der Waals surface area contributed by atoms with Gasteiger partial charge in [0.25, 0.3) is 5.91 Å². The van der Waals surface area contributed by atoms with E-state index >= 15 is 0 Å². The summed E-state index contributed by atoms with van der Waals surface area (Å²) in [5.41, 5.74) is 2.98. The monoisotopic (exact) mass is 269 g/mol. The molecule has 0 aliphatic heterocycles. The second-order valence-electron chi connectivity index (χ2n) is 4.52. The first kappa shape index (κ1) is 13.5. The Morgan fingerprint density at radius 3 is 2.79 bits per heavy atom. The molecular formula is C13H13F2NO3. The molecule has 0 bridgehead atoms. The number of halogens is 2. The zero-order valence-corrected chi connectivity index (χ0v) is 10.3. The van der Waals surface area contributed by atoms with Gasteiger partial charge in [0.15, 0.2) is 0 Å². The molecule has 1 N–H and O–H groups in total. The molecule has 1 aromatic carbocycles. The topological polar surface area (TPSA) is 55.4 Å². The van der Waals surface area contributed by atoms with Gasteiger partial charge in [-0.15, -0.1) is 0 Å². The summed E-state index contributed by atoms with van der Waals surface area (Å²) in [5.74, 6) is -2.83. The standard InChI is InChI=1S/C13H13F2NO3/c1-7(17)19-16-13(18)9-3-2-8-4-10(14)6-12(15)11(8)5-9/h4,6,9H,2-3,5H2,1H3,(H,16,18). The predicted molar refractivity (Wildman–Crippen MR) is 61.8 cm³/mol. The van der Waals surface area contributed by atoms with Crippen LogP contribution in [0.4, 0.5) is 8.78 Å². The van der Waals surface area contributed by atoms with Crippen molar-refractivity contribution >= 4 is 11.9 Å². The van der Waals surface area contributed by atoms with Gasteiger partial charge in [-0.2, -0.15) is 5.48 Å². The normalized spacial score (nSPS) is 17.5. The summed E-state index contributed by atoms with van der Waals surface area (Å²) in [6, 6.07) is 2.10. The van der Waals surface area contributed by atoms with Crippen molar-refractivity contribution in [3.8, 4) is 0 Å². The van der Waals surface area contributed by atoms with Crippen molar-refractivity contribution in [3.05, 3.63) is 34.9 Å². The number of benzene rings is 1. The second kappa shape index (κ2) is 5.34. The Hall–Kier alpha value is -1.98. The highest BCUT2D eigenvalue weighted by molar-refractivity contribution is 5.80. The minimum absolute atomic E-state index is 0.175. The molecule has 0 spiro atoms. The van der Waals surface area contributed by atoms with Crippen LogP contribution in [0.25, 0.3) is 0 Å². The van der Waals surface area contributed by atoms with Gasteiger partial charge in [0.1, 0.15) is 11.6 Å². The van der Waals surface area contributed by atoms with E-state index in [1.165, 1.54) is 13.0 Å². The van der Waals surface area contributed by atoms with E-state index in [-0.39, 0.29) is 6.42 Å². The number of aryl methyl sites for hydroxylation is 1. The summed E-state index contributed by atoms with van der Waals surface area (Å²) in [6.07, 6.45) is 1.06. The van der Waals surface area contributed by atoms with Crippen molar-refractivity contribution in [1.29, 1.82) is 0 Å². The number of fused-ring (bicyclic) bond motifs is 1.